The van der Waals surface area contributed by atoms with Crippen LogP contribution < -0.4 is 20.5 Å². The monoisotopic (exact) mass is 415 g/mol. The molecule has 0 bridgehead atoms. The van der Waals surface area contributed by atoms with Crippen LogP contribution in [0.3, 0.4) is 0 Å². The Morgan fingerprint density at radius 2 is 1.70 bits per heavy atom. The number of benzene rings is 2. The molecule has 0 unspecified atom stereocenters. The van der Waals surface area contributed by atoms with Crippen molar-refractivity contribution in [2.24, 2.45) is 11.7 Å². The molecule has 2 aromatic rings. The number of nitrogens with one attached hydrogen (secondary N) is 1. The second-order valence-electron chi connectivity index (χ2n) is 7.34. The summed E-state index contributed by atoms with van der Waals surface area (Å²) in [5.41, 5.74) is 5.85. The third kappa shape index (κ3) is 5.94. The van der Waals surface area contributed by atoms with E-state index in [1.165, 1.54) is 36.4 Å². The molecule has 0 heterocycles. The number of nitrogens with zero attached hydrogens (tertiary/aromatic N) is 1. The molecule has 0 aliphatic heterocycles. The fourth-order valence-electron chi connectivity index (χ4n) is 2.50. The standard InChI is InChI=1S/C21H25N3O6/c1-12(2)11-29-18-9-14(20(22)25)5-7-16(18)23-21(26)15-6-8-17(24(27)28)19(10-15)30-13(3)4/h5-10,12-13H,11H2,1-4H3,(H2,22,25)(H,23,26). The van der Waals surface area contributed by atoms with E-state index in [-0.39, 0.29) is 34.6 Å². The molecule has 2 rings (SSSR count). The third-order valence-corrected chi connectivity index (χ3v) is 3.87. The molecule has 0 spiro atoms. The second-order valence-corrected chi connectivity index (χ2v) is 7.34. The molecule has 9 heteroatoms. The number of nitro groups is 1. The van der Waals surface area contributed by atoms with E-state index in [0.717, 1.165) is 0 Å². The molecular formula is C21H25N3O6. The predicted molar refractivity (Wildman–Crippen MR) is 112 cm³/mol. The van der Waals surface area contributed by atoms with Gasteiger partial charge in [0.15, 0.2) is 5.75 Å². The molecule has 0 fully saturated rings. The summed E-state index contributed by atoms with van der Waals surface area (Å²) in [4.78, 5) is 34.9. The van der Waals surface area contributed by atoms with Crippen LogP contribution in [-0.2, 0) is 0 Å². The van der Waals surface area contributed by atoms with Crippen molar-refractivity contribution in [3.05, 3.63) is 57.6 Å². The molecule has 0 aliphatic rings. The Balaban J connectivity index is 2.34. The fraction of sp³-hybridized carbons (Fsp3) is 0.333. The van der Waals surface area contributed by atoms with E-state index < -0.39 is 16.7 Å². The van der Waals surface area contributed by atoms with Crippen molar-refractivity contribution in [1.82, 2.24) is 0 Å². The Bertz CT molecular complexity index is 956. The molecule has 0 atom stereocenters. The number of carbonyl (C=O) groups is 2. The lowest BCUT2D eigenvalue weighted by atomic mass is 10.1. The maximum Gasteiger partial charge on any atom is 0.310 e. The zero-order chi connectivity index (χ0) is 22.4. The van der Waals surface area contributed by atoms with Gasteiger partial charge in [0.05, 0.1) is 23.3 Å². The van der Waals surface area contributed by atoms with Crippen molar-refractivity contribution in [3.8, 4) is 11.5 Å². The maximum absolute atomic E-state index is 12.8. The first-order valence-electron chi connectivity index (χ1n) is 9.41. The van der Waals surface area contributed by atoms with Gasteiger partial charge in [-0.3, -0.25) is 19.7 Å². The number of amides is 2. The van der Waals surface area contributed by atoms with E-state index in [0.29, 0.717) is 18.0 Å². The summed E-state index contributed by atoms with van der Waals surface area (Å²) in [5, 5.41) is 13.9. The Labute approximate surface area is 174 Å². The Hall–Kier alpha value is -3.62. The smallest absolute Gasteiger partial charge is 0.310 e. The normalized spacial score (nSPS) is 10.7. The fourth-order valence-corrected chi connectivity index (χ4v) is 2.50. The number of anilines is 1. The highest BCUT2D eigenvalue weighted by Crippen LogP contribution is 2.31. The summed E-state index contributed by atoms with van der Waals surface area (Å²) < 4.78 is 11.2. The molecular weight excluding hydrogens is 390 g/mol. The van der Waals surface area contributed by atoms with E-state index in [1.54, 1.807) is 13.8 Å². The number of rotatable bonds is 9. The van der Waals surface area contributed by atoms with Crippen LogP contribution in [0.1, 0.15) is 48.4 Å². The van der Waals surface area contributed by atoms with Crippen LogP contribution in [0, 0.1) is 16.0 Å². The van der Waals surface area contributed by atoms with E-state index >= 15 is 0 Å². The Morgan fingerprint density at radius 3 is 2.27 bits per heavy atom. The van der Waals surface area contributed by atoms with Gasteiger partial charge < -0.3 is 20.5 Å². The molecule has 2 amide bonds. The van der Waals surface area contributed by atoms with Crippen molar-refractivity contribution < 1.29 is 24.0 Å². The van der Waals surface area contributed by atoms with Crippen molar-refractivity contribution in [2.75, 3.05) is 11.9 Å². The van der Waals surface area contributed by atoms with E-state index in [2.05, 4.69) is 5.32 Å². The molecule has 0 saturated heterocycles. The molecule has 3 N–H and O–H groups in total. The first-order chi connectivity index (χ1) is 14.1. The maximum atomic E-state index is 12.8. The number of nitrogens with two attached hydrogens (primary N) is 1. The zero-order valence-corrected chi connectivity index (χ0v) is 17.3. The lowest BCUT2D eigenvalue weighted by Gasteiger charge is -2.15. The second kappa shape index (κ2) is 9.73. The van der Waals surface area contributed by atoms with E-state index in [9.17, 15) is 19.7 Å². The molecule has 9 nitrogen and oxygen atoms in total. The van der Waals surface area contributed by atoms with Crippen molar-refractivity contribution in [1.29, 1.82) is 0 Å². The summed E-state index contributed by atoms with van der Waals surface area (Å²) >= 11 is 0. The van der Waals surface area contributed by atoms with Crippen LogP contribution in [0.25, 0.3) is 0 Å². The first-order valence-corrected chi connectivity index (χ1v) is 9.41. The zero-order valence-electron chi connectivity index (χ0n) is 17.3. The molecule has 2 aromatic carbocycles. The van der Waals surface area contributed by atoms with Crippen molar-refractivity contribution >= 4 is 23.2 Å². The number of hydrogen-bond donors (Lipinski definition) is 2. The quantitative estimate of drug-likeness (QED) is 0.473. The summed E-state index contributed by atoms with van der Waals surface area (Å²) in [6.45, 7) is 7.76. The SMILES string of the molecule is CC(C)COc1cc(C(N)=O)ccc1NC(=O)c1ccc([N+](=O)[O-])c(OC(C)C)c1. The van der Waals surface area contributed by atoms with Crippen LogP contribution in [0.4, 0.5) is 11.4 Å². The average Bonchev–Trinajstić information content (AvgIpc) is 2.66. The molecule has 30 heavy (non-hydrogen) atoms. The van der Waals surface area contributed by atoms with Gasteiger partial charge in [-0.25, -0.2) is 0 Å². The van der Waals surface area contributed by atoms with Crippen LogP contribution >= 0.6 is 0 Å². The number of carbonyl (C=O) groups excluding carboxylic acids is 2. The summed E-state index contributed by atoms with van der Waals surface area (Å²) in [6.07, 6.45) is -0.306. The number of ether oxygens (including phenoxy) is 2. The number of nitro benzene ring substituents is 1. The lowest BCUT2D eigenvalue weighted by molar-refractivity contribution is -0.386. The number of hydrogen-bond acceptors (Lipinski definition) is 6. The molecule has 0 aliphatic carbocycles. The molecule has 0 radical (unpaired) electrons. The summed E-state index contributed by atoms with van der Waals surface area (Å²) in [5.74, 6) is -0.610. The molecule has 0 saturated carbocycles. The van der Waals surface area contributed by atoms with Crippen molar-refractivity contribution in [2.45, 2.75) is 33.8 Å². The highest BCUT2D eigenvalue weighted by Gasteiger charge is 2.20. The van der Waals surface area contributed by atoms with Gasteiger partial charge in [-0.05, 0) is 44.0 Å². The average molecular weight is 415 g/mol. The van der Waals surface area contributed by atoms with E-state index in [4.69, 9.17) is 15.2 Å². The van der Waals surface area contributed by atoms with Gasteiger partial charge in [-0.15, -0.1) is 0 Å². The minimum atomic E-state index is -0.617. The largest absolute Gasteiger partial charge is 0.491 e. The summed E-state index contributed by atoms with van der Waals surface area (Å²) in [6, 6.07) is 8.34. The van der Waals surface area contributed by atoms with Gasteiger partial charge in [-0.1, -0.05) is 13.8 Å². The topological polar surface area (TPSA) is 134 Å². The van der Waals surface area contributed by atoms with Gasteiger partial charge >= 0.3 is 5.69 Å². The molecule has 0 aromatic heterocycles. The van der Waals surface area contributed by atoms with Gasteiger partial charge in [0.25, 0.3) is 5.91 Å². The number of primary amides is 1. The van der Waals surface area contributed by atoms with Gasteiger partial charge in [0.1, 0.15) is 5.75 Å². The van der Waals surface area contributed by atoms with Crippen LogP contribution in [0.5, 0.6) is 11.5 Å². The third-order valence-electron chi connectivity index (χ3n) is 3.87. The van der Waals surface area contributed by atoms with Crippen LogP contribution in [0.2, 0.25) is 0 Å². The van der Waals surface area contributed by atoms with Gasteiger partial charge in [0.2, 0.25) is 5.91 Å². The minimum absolute atomic E-state index is 0.00278. The minimum Gasteiger partial charge on any atom is -0.491 e. The first kappa shape index (κ1) is 22.7. The summed E-state index contributed by atoms with van der Waals surface area (Å²) in [7, 11) is 0. The highest BCUT2D eigenvalue weighted by atomic mass is 16.6. The van der Waals surface area contributed by atoms with Gasteiger partial charge in [0, 0.05) is 23.3 Å². The Kier molecular flexibility index (Phi) is 7.35. The highest BCUT2D eigenvalue weighted by molar-refractivity contribution is 6.06. The Morgan fingerprint density at radius 1 is 1.07 bits per heavy atom. The van der Waals surface area contributed by atoms with Gasteiger partial charge in [-0.2, -0.15) is 0 Å². The molecule has 160 valence electrons. The van der Waals surface area contributed by atoms with Crippen molar-refractivity contribution in [3.63, 3.8) is 0 Å². The predicted octanol–water partition coefficient (Wildman–Crippen LogP) is 3.77. The van der Waals surface area contributed by atoms with Crippen LogP contribution in [-0.4, -0.2) is 29.4 Å². The lowest BCUT2D eigenvalue weighted by Crippen LogP contribution is -2.16. The van der Waals surface area contributed by atoms with Crippen LogP contribution in [0.15, 0.2) is 36.4 Å². The van der Waals surface area contributed by atoms with E-state index in [1.807, 2.05) is 13.8 Å².